The molecule has 0 bridgehead atoms. The van der Waals surface area contributed by atoms with Crippen LogP contribution in [0.4, 0.5) is 8.78 Å². The highest BCUT2D eigenvalue weighted by Gasteiger charge is 2.40. The highest BCUT2D eigenvalue weighted by atomic mass is 28.3. The normalized spacial score (nSPS) is 19.2. The van der Waals surface area contributed by atoms with E-state index in [0.29, 0.717) is 18.4 Å². The summed E-state index contributed by atoms with van der Waals surface area (Å²) >= 11 is 0. The molecule has 6 heteroatoms. The Morgan fingerprint density at radius 2 is 1.70 bits per heavy atom. The third-order valence-electron chi connectivity index (χ3n) is 3.34. The molecule has 1 fully saturated rings. The standard InChI is InChI=1S/C14H20BF2O2Si/c1-14(2)8-18-15(19-9-14)10-6-7-11(20(3,4)5)13(17)12(10)16/h6-7H,1,8-9H2,2-5H3/q+1. The van der Waals surface area contributed by atoms with E-state index in [0.717, 1.165) is 0 Å². The molecule has 0 aliphatic carbocycles. The molecule has 0 N–H and O–H groups in total. The summed E-state index contributed by atoms with van der Waals surface area (Å²) in [5.41, 5.74) is -0.218. The van der Waals surface area contributed by atoms with Crippen LogP contribution in [0.25, 0.3) is 0 Å². The van der Waals surface area contributed by atoms with E-state index in [9.17, 15) is 8.78 Å². The molecule has 1 saturated heterocycles. The van der Waals surface area contributed by atoms with Gasteiger partial charge in [-0.15, -0.1) is 0 Å². The summed E-state index contributed by atoms with van der Waals surface area (Å²) in [5.74, 6) is -1.63. The fourth-order valence-electron chi connectivity index (χ4n) is 2.15. The lowest BCUT2D eigenvalue weighted by atomic mass is 9.75. The van der Waals surface area contributed by atoms with Gasteiger partial charge < -0.3 is 9.31 Å². The lowest BCUT2D eigenvalue weighted by Crippen LogP contribution is -2.50. The van der Waals surface area contributed by atoms with Crippen LogP contribution in [0.5, 0.6) is 0 Å². The molecule has 1 aliphatic heterocycles. The van der Waals surface area contributed by atoms with Crippen LogP contribution in [0.3, 0.4) is 0 Å². The maximum atomic E-state index is 14.2. The molecule has 1 heterocycles. The van der Waals surface area contributed by atoms with E-state index < -0.39 is 26.8 Å². The molecule has 20 heavy (non-hydrogen) atoms. The summed E-state index contributed by atoms with van der Waals surface area (Å²) in [4.78, 5) is 0. The van der Waals surface area contributed by atoms with Gasteiger partial charge in [-0.25, -0.2) is 8.78 Å². The maximum absolute atomic E-state index is 14.2. The molecule has 108 valence electrons. The Labute approximate surface area is 120 Å². The van der Waals surface area contributed by atoms with Crippen LogP contribution in [-0.2, 0) is 9.31 Å². The molecule has 1 aromatic rings. The van der Waals surface area contributed by atoms with Crippen LogP contribution in [0.1, 0.15) is 6.92 Å². The second kappa shape index (κ2) is 5.17. The third kappa shape index (κ3) is 3.07. The van der Waals surface area contributed by atoms with Gasteiger partial charge in [-0.1, -0.05) is 31.8 Å². The third-order valence-corrected chi connectivity index (χ3v) is 5.34. The first-order valence-corrected chi connectivity index (χ1v) is 10.2. The molecular formula is C14H20BF2O2Si+. The number of benzene rings is 1. The minimum absolute atomic E-state index is 0.125. The SMILES string of the molecule is [CH2+]C1(C)COB(c2ccc([Si](C)(C)C)c(F)c2F)OC1. The quantitative estimate of drug-likeness (QED) is 0.615. The molecule has 0 unspecified atom stereocenters. The summed E-state index contributed by atoms with van der Waals surface area (Å²) in [5, 5.41) is 0.483. The second-order valence-electron chi connectivity index (χ2n) is 6.84. The predicted octanol–water partition coefficient (Wildman–Crippen LogP) is 2.09. The predicted molar refractivity (Wildman–Crippen MR) is 80.1 cm³/mol. The van der Waals surface area contributed by atoms with Crippen molar-refractivity contribution in [2.75, 3.05) is 13.2 Å². The number of hydrogen-bond donors (Lipinski definition) is 0. The van der Waals surface area contributed by atoms with E-state index in [1.165, 1.54) is 0 Å². The highest BCUT2D eigenvalue weighted by molar-refractivity contribution is 6.88. The van der Waals surface area contributed by atoms with E-state index in [4.69, 9.17) is 9.31 Å². The fraction of sp³-hybridized carbons (Fsp3) is 0.500. The van der Waals surface area contributed by atoms with Gasteiger partial charge in [0.1, 0.15) is 5.41 Å². The Balaban J connectivity index is 2.29. The van der Waals surface area contributed by atoms with Crippen molar-refractivity contribution in [3.8, 4) is 0 Å². The van der Waals surface area contributed by atoms with Gasteiger partial charge in [-0.05, 0) is 12.1 Å². The Kier molecular flexibility index (Phi) is 4.01. The first-order chi connectivity index (χ1) is 9.12. The van der Waals surface area contributed by atoms with Crippen molar-refractivity contribution in [1.82, 2.24) is 0 Å². The largest absolute Gasteiger partial charge is 0.497 e. The van der Waals surface area contributed by atoms with Crippen LogP contribution in [0, 0.1) is 24.0 Å². The van der Waals surface area contributed by atoms with Gasteiger partial charge >= 0.3 is 7.12 Å². The molecule has 1 aliphatic rings. The summed E-state index contributed by atoms with van der Waals surface area (Å²) in [7, 11) is -2.76. The van der Waals surface area contributed by atoms with E-state index in [1.807, 2.05) is 26.6 Å². The summed E-state index contributed by atoms with van der Waals surface area (Å²) in [6, 6.07) is 3.23. The second-order valence-corrected chi connectivity index (χ2v) is 11.9. The molecule has 0 aromatic heterocycles. The maximum Gasteiger partial charge on any atom is 0.497 e. The van der Waals surface area contributed by atoms with Crippen molar-refractivity contribution in [3.63, 3.8) is 0 Å². The number of halogens is 2. The Morgan fingerprint density at radius 1 is 1.15 bits per heavy atom. The van der Waals surface area contributed by atoms with Gasteiger partial charge in [0, 0.05) is 5.46 Å². The van der Waals surface area contributed by atoms with Crippen molar-refractivity contribution >= 4 is 25.8 Å². The van der Waals surface area contributed by atoms with Gasteiger partial charge in [0.05, 0.1) is 28.2 Å². The molecule has 2 rings (SSSR count). The smallest absolute Gasteiger partial charge is 0.402 e. The molecule has 1 aromatic carbocycles. The van der Waals surface area contributed by atoms with Crippen LogP contribution in [0.2, 0.25) is 19.6 Å². The zero-order valence-electron chi connectivity index (χ0n) is 12.4. The molecule has 0 amide bonds. The van der Waals surface area contributed by atoms with E-state index in [-0.39, 0.29) is 10.9 Å². The number of hydrogen-bond acceptors (Lipinski definition) is 2. The zero-order valence-corrected chi connectivity index (χ0v) is 13.4. The Bertz CT molecular complexity index is 505. The lowest BCUT2D eigenvalue weighted by molar-refractivity contribution is 0.0503. The summed E-state index contributed by atoms with van der Waals surface area (Å²) in [6.45, 7) is 12.5. The van der Waals surface area contributed by atoms with Gasteiger partial charge in [-0.3, -0.25) is 0 Å². The van der Waals surface area contributed by atoms with Crippen LogP contribution < -0.4 is 10.6 Å². The first-order valence-electron chi connectivity index (χ1n) is 6.69. The molecule has 0 atom stereocenters. The molecule has 2 nitrogen and oxygen atoms in total. The van der Waals surface area contributed by atoms with Crippen LogP contribution >= 0.6 is 0 Å². The van der Waals surface area contributed by atoms with Gasteiger partial charge in [-0.2, -0.15) is 0 Å². The van der Waals surface area contributed by atoms with Crippen LogP contribution in [-0.4, -0.2) is 28.4 Å². The van der Waals surface area contributed by atoms with Crippen LogP contribution in [0.15, 0.2) is 12.1 Å². The van der Waals surface area contributed by atoms with Gasteiger partial charge in [0.25, 0.3) is 0 Å². The topological polar surface area (TPSA) is 18.5 Å². The van der Waals surface area contributed by atoms with Crippen molar-refractivity contribution in [3.05, 3.63) is 30.7 Å². The van der Waals surface area contributed by atoms with Gasteiger partial charge in [0.15, 0.2) is 11.6 Å². The summed E-state index contributed by atoms with van der Waals surface area (Å²) in [6.07, 6.45) is 0. The molecule has 0 saturated carbocycles. The van der Waals surface area contributed by atoms with E-state index in [2.05, 4.69) is 6.92 Å². The minimum atomic E-state index is -1.91. The minimum Gasteiger partial charge on any atom is -0.402 e. The lowest BCUT2D eigenvalue weighted by Gasteiger charge is -2.29. The van der Waals surface area contributed by atoms with Gasteiger partial charge in [0.2, 0.25) is 0 Å². The highest BCUT2D eigenvalue weighted by Crippen LogP contribution is 2.21. The average molecular weight is 297 g/mol. The van der Waals surface area contributed by atoms with Crippen molar-refractivity contribution < 1.29 is 18.1 Å². The first kappa shape index (κ1) is 15.5. The molecule has 0 radical (unpaired) electrons. The van der Waals surface area contributed by atoms with Crippen molar-refractivity contribution in [1.29, 1.82) is 0 Å². The molecular weight excluding hydrogens is 277 g/mol. The Morgan fingerprint density at radius 3 is 2.20 bits per heavy atom. The fourth-order valence-corrected chi connectivity index (χ4v) is 3.50. The molecule has 0 spiro atoms. The van der Waals surface area contributed by atoms with E-state index >= 15 is 0 Å². The Hall–Kier alpha value is -0.848. The monoisotopic (exact) mass is 297 g/mol. The van der Waals surface area contributed by atoms with Crippen molar-refractivity contribution in [2.24, 2.45) is 5.41 Å². The summed E-state index contributed by atoms with van der Waals surface area (Å²) < 4.78 is 39.4. The van der Waals surface area contributed by atoms with E-state index in [1.54, 1.807) is 12.1 Å². The number of rotatable bonds is 2. The average Bonchev–Trinajstić information content (AvgIpc) is 2.31. The zero-order chi connectivity index (χ0) is 15.1. The van der Waals surface area contributed by atoms with Crippen molar-refractivity contribution in [2.45, 2.75) is 26.6 Å².